The summed E-state index contributed by atoms with van der Waals surface area (Å²) in [7, 11) is 1.86. The van der Waals surface area contributed by atoms with Gasteiger partial charge in [0.05, 0.1) is 5.02 Å². The number of rotatable bonds is 5. The molecule has 1 aromatic carbocycles. The molecule has 3 nitrogen and oxygen atoms in total. The van der Waals surface area contributed by atoms with Crippen LogP contribution < -0.4 is 10.2 Å². The fourth-order valence-corrected chi connectivity index (χ4v) is 2.23. The van der Waals surface area contributed by atoms with Crippen molar-refractivity contribution in [1.82, 2.24) is 10.3 Å². The van der Waals surface area contributed by atoms with Gasteiger partial charge in [0, 0.05) is 25.0 Å². The number of hydrogen-bond acceptors (Lipinski definition) is 3. The molecule has 0 amide bonds. The van der Waals surface area contributed by atoms with Crippen molar-refractivity contribution in [2.45, 2.75) is 13.5 Å². The van der Waals surface area contributed by atoms with Crippen molar-refractivity contribution in [2.75, 3.05) is 18.5 Å². The summed E-state index contributed by atoms with van der Waals surface area (Å²) in [5, 5.41) is 3.69. The van der Waals surface area contributed by atoms with Gasteiger partial charge in [-0.05, 0) is 43.8 Å². The van der Waals surface area contributed by atoms with E-state index in [1.54, 1.807) is 12.3 Å². The maximum absolute atomic E-state index is 13.4. The molecule has 0 aliphatic rings. The molecule has 0 saturated heterocycles. The number of nitrogens with one attached hydrogen (secondary N) is 1. The molecule has 0 radical (unpaired) electrons. The van der Waals surface area contributed by atoms with E-state index in [0.29, 0.717) is 18.1 Å². The fourth-order valence-electron chi connectivity index (χ4n) is 2.06. The topological polar surface area (TPSA) is 28.2 Å². The van der Waals surface area contributed by atoms with Crippen molar-refractivity contribution in [3.05, 3.63) is 52.9 Å². The Morgan fingerprint density at radius 2 is 2.15 bits per heavy atom. The number of benzene rings is 1. The molecule has 1 heterocycles. The van der Waals surface area contributed by atoms with Crippen LogP contribution in [0.4, 0.5) is 15.9 Å². The predicted octanol–water partition coefficient (Wildman–Crippen LogP) is 3.75. The Hall–Kier alpha value is -1.65. The molecule has 106 valence electrons. The van der Waals surface area contributed by atoms with Crippen molar-refractivity contribution < 1.29 is 4.39 Å². The lowest BCUT2D eigenvalue weighted by molar-refractivity contribution is 0.627. The molecule has 0 saturated carbocycles. The van der Waals surface area contributed by atoms with E-state index < -0.39 is 0 Å². The molecule has 1 aromatic heterocycles. The lowest BCUT2D eigenvalue weighted by atomic mass is 10.2. The predicted molar refractivity (Wildman–Crippen MR) is 81.1 cm³/mol. The smallest absolute Gasteiger partial charge is 0.133 e. The van der Waals surface area contributed by atoms with Crippen molar-refractivity contribution in [2.24, 2.45) is 0 Å². The molecule has 2 rings (SSSR count). The van der Waals surface area contributed by atoms with E-state index in [2.05, 4.69) is 10.3 Å². The first-order chi connectivity index (χ1) is 9.65. The van der Waals surface area contributed by atoms with Crippen LogP contribution in [0.15, 0.2) is 36.5 Å². The molecule has 0 aliphatic heterocycles. The zero-order chi connectivity index (χ0) is 14.5. The van der Waals surface area contributed by atoms with Gasteiger partial charge in [-0.15, -0.1) is 0 Å². The average Bonchev–Trinajstić information content (AvgIpc) is 2.43. The molecule has 0 aliphatic carbocycles. The largest absolute Gasteiger partial charge is 0.327 e. The second-order valence-electron chi connectivity index (χ2n) is 4.39. The van der Waals surface area contributed by atoms with Crippen LogP contribution in [0.2, 0.25) is 5.02 Å². The van der Waals surface area contributed by atoms with Crippen molar-refractivity contribution in [3.8, 4) is 0 Å². The van der Waals surface area contributed by atoms with Gasteiger partial charge in [-0.1, -0.05) is 17.7 Å². The van der Waals surface area contributed by atoms with Gasteiger partial charge in [0.1, 0.15) is 11.6 Å². The maximum atomic E-state index is 13.4. The number of pyridine rings is 1. The zero-order valence-corrected chi connectivity index (χ0v) is 12.3. The first kappa shape index (κ1) is 14.8. The maximum Gasteiger partial charge on any atom is 0.133 e. The number of nitrogens with zero attached hydrogens (tertiary/aromatic N) is 2. The highest BCUT2D eigenvalue weighted by atomic mass is 35.5. The molecule has 0 unspecified atom stereocenters. The second-order valence-corrected chi connectivity index (χ2v) is 4.80. The van der Waals surface area contributed by atoms with Crippen molar-refractivity contribution in [1.29, 1.82) is 0 Å². The molecule has 0 spiro atoms. The Kier molecular flexibility index (Phi) is 4.93. The van der Waals surface area contributed by atoms with Crippen LogP contribution in [0.25, 0.3) is 0 Å². The quantitative estimate of drug-likeness (QED) is 0.910. The highest BCUT2D eigenvalue weighted by Gasteiger charge is 2.11. The van der Waals surface area contributed by atoms with Gasteiger partial charge in [-0.25, -0.2) is 9.37 Å². The lowest BCUT2D eigenvalue weighted by Gasteiger charge is -2.23. The first-order valence-electron chi connectivity index (χ1n) is 6.47. The van der Waals surface area contributed by atoms with Gasteiger partial charge in [-0.2, -0.15) is 0 Å². The molecule has 1 N–H and O–H groups in total. The number of halogens is 2. The van der Waals surface area contributed by atoms with Crippen LogP contribution in [-0.4, -0.2) is 18.6 Å². The first-order valence-corrected chi connectivity index (χ1v) is 6.85. The summed E-state index contributed by atoms with van der Waals surface area (Å²) in [5.41, 5.74) is 1.74. The Balaban J connectivity index is 2.39. The molecular weight excluding hydrogens is 277 g/mol. The Morgan fingerprint density at radius 1 is 1.35 bits per heavy atom. The summed E-state index contributed by atoms with van der Waals surface area (Å²) in [5.74, 6) is 0.498. The van der Waals surface area contributed by atoms with Gasteiger partial charge in [-0.3, -0.25) is 0 Å². The van der Waals surface area contributed by atoms with Crippen LogP contribution in [-0.2, 0) is 6.54 Å². The minimum absolute atomic E-state index is 0.259. The van der Waals surface area contributed by atoms with Crippen LogP contribution in [0.1, 0.15) is 12.5 Å². The third-order valence-corrected chi connectivity index (χ3v) is 3.34. The highest BCUT2D eigenvalue weighted by Crippen LogP contribution is 2.27. The van der Waals surface area contributed by atoms with E-state index >= 15 is 0 Å². The Morgan fingerprint density at radius 3 is 2.80 bits per heavy atom. The minimum atomic E-state index is -0.259. The molecule has 20 heavy (non-hydrogen) atoms. The molecule has 0 atom stereocenters. The van der Waals surface area contributed by atoms with E-state index in [-0.39, 0.29) is 5.82 Å². The third kappa shape index (κ3) is 3.26. The number of hydrogen-bond donors (Lipinski definition) is 1. The van der Waals surface area contributed by atoms with E-state index in [1.807, 2.05) is 31.0 Å². The SMILES string of the molecule is CCN(c1cccc(F)c1)c1cc(CNC)c(Cl)cn1. The van der Waals surface area contributed by atoms with Gasteiger partial charge < -0.3 is 10.2 Å². The molecule has 5 heteroatoms. The number of anilines is 2. The third-order valence-electron chi connectivity index (χ3n) is 3.00. The molecule has 2 aromatic rings. The van der Waals surface area contributed by atoms with Gasteiger partial charge in [0.25, 0.3) is 0 Å². The monoisotopic (exact) mass is 293 g/mol. The summed E-state index contributed by atoms with van der Waals surface area (Å²) in [6.07, 6.45) is 1.63. The van der Waals surface area contributed by atoms with E-state index in [9.17, 15) is 4.39 Å². The normalized spacial score (nSPS) is 10.6. The van der Waals surface area contributed by atoms with Crippen LogP contribution in [0.3, 0.4) is 0 Å². The Labute approximate surface area is 123 Å². The van der Waals surface area contributed by atoms with Gasteiger partial charge in [0.2, 0.25) is 0 Å². The van der Waals surface area contributed by atoms with Crippen molar-refractivity contribution >= 4 is 23.1 Å². The van der Waals surface area contributed by atoms with Gasteiger partial charge in [0.15, 0.2) is 0 Å². The summed E-state index contributed by atoms with van der Waals surface area (Å²) in [4.78, 5) is 6.29. The summed E-state index contributed by atoms with van der Waals surface area (Å²) >= 11 is 6.11. The second kappa shape index (κ2) is 6.68. The summed E-state index contributed by atoms with van der Waals surface area (Å²) in [6.45, 7) is 3.35. The van der Waals surface area contributed by atoms with Crippen LogP contribution >= 0.6 is 11.6 Å². The van der Waals surface area contributed by atoms with Crippen molar-refractivity contribution in [3.63, 3.8) is 0 Å². The summed E-state index contributed by atoms with van der Waals surface area (Å²) in [6, 6.07) is 8.40. The molecule has 0 bridgehead atoms. The zero-order valence-electron chi connectivity index (χ0n) is 11.5. The van der Waals surface area contributed by atoms with E-state index in [4.69, 9.17) is 11.6 Å². The molecular formula is C15H17ClFN3. The average molecular weight is 294 g/mol. The molecule has 0 fully saturated rings. The highest BCUT2D eigenvalue weighted by molar-refractivity contribution is 6.31. The standard InChI is InChI=1S/C15H17ClFN3/c1-3-20(13-6-4-5-12(17)8-13)15-7-11(9-18-2)14(16)10-19-15/h4-8,10,18H,3,9H2,1-2H3. The van der Waals surface area contributed by atoms with E-state index in [1.165, 1.54) is 12.1 Å². The fraction of sp³-hybridized carbons (Fsp3) is 0.267. The Bertz CT molecular complexity index is 589. The lowest BCUT2D eigenvalue weighted by Crippen LogP contribution is -2.18. The number of aromatic nitrogens is 1. The van der Waals surface area contributed by atoms with Gasteiger partial charge >= 0.3 is 0 Å². The van der Waals surface area contributed by atoms with Crippen LogP contribution in [0, 0.1) is 5.82 Å². The summed E-state index contributed by atoms with van der Waals surface area (Å²) < 4.78 is 13.4. The minimum Gasteiger partial charge on any atom is -0.327 e. The van der Waals surface area contributed by atoms with E-state index in [0.717, 1.165) is 17.1 Å². The van der Waals surface area contributed by atoms with Crippen LogP contribution in [0.5, 0.6) is 0 Å².